The average molecular weight is 284 g/mol. The molecule has 0 saturated heterocycles. The third-order valence-corrected chi connectivity index (χ3v) is 3.91. The average Bonchev–Trinajstić information content (AvgIpc) is 2.56. The molecule has 0 N–H and O–H groups in total. The Morgan fingerprint density at radius 2 is 1.05 bits per heavy atom. The van der Waals surface area contributed by atoms with E-state index in [4.69, 9.17) is 0 Å². The lowest BCUT2D eigenvalue weighted by Gasteiger charge is -2.01. The van der Waals surface area contributed by atoms with Gasteiger partial charge in [0.1, 0.15) is 0 Å². The van der Waals surface area contributed by atoms with Gasteiger partial charge in [-0.1, -0.05) is 90.5 Å². The molecule has 0 fully saturated rings. The predicted octanol–water partition coefficient (Wildman–Crippen LogP) is 6.30. The van der Waals surface area contributed by atoms with E-state index in [9.17, 15) is 0 Å². The molecule has 0 spiro atoms. The van der Waals surface area contributed by atoms with Gasteiger partial charge in [0, 0.05) is 0 Å². The van der Waals surface area contributed by atoms with Crippen molar-refractivity contribution in [1.82, 2.24) is 0 Å². The Hall–Kier alpha value is -2.60. The molecule has 0 nitrogen and oxygen atoms in total. The molecule has 0 saturated carbocycles. The zero-order valence-corrected chi connectivity index (χ0v) is 13.1. The molecule has 0 heterocycles. The van der Waals surface area contributed by atoms with Crippen molar-refractivity contribution in [2.24, 2.45) is 0 Å². The monoisotopic (exact) mass is 284 g/mol. The smallest absolute Gasteiger partial charge is 0.0152 e. The summed E-state index contributed by atoms with van der Waals surface area (Å²) < 4.78 is 0. The Bertz CT molecular complexity index is 838. The third-order valence-electron chi connectivity index (χ3n) is 3.91. The first-order valence-electron chi connectivity index (χ1n) is 7.64. The molecule has 108 valence electrons. The van der Waals surface area contributed by atoms with Crippen LogP contribution in [0.1, 0.15) is 11.1 Å². The van der Waals surface area contributed by atoms with E-state index < -0.39 is 0 Å². The molecule has 0 aromatic heterocycles. The Morgan fingerprint density at radius 1 is 0.500 bits per heavy atom. The maximum Gasteiger partial charge on any atom is -0.0152 e. The number of aryl methyl sites for hydroxylation is 2. The van der Waals surface area contributed by atoms with Gasteiger partial charge in [0.15, 0.2) is 0 Å². The van der Waals surface area contributed by atoms with Gasteiger partial charge in [-0.3, -0.25) is 0 Å². The van der Waals surface area contributed by atoms with Crippen LogP contribution >= 0.6 is 0 Å². The van der Waals surface area contributed by atoms with Gasteiger partial charge in [-0.2, -0.15) is 0 Å². The van der Waals surface area contributed by atoms with Crippen LogP contribution < -0.4 is 0 Å². The summed E-state index contributed by atoms with van der Waals surface area (Å²) in [6.07, 6.45) is 0. The van der Waals surface area contributed by atoms with Crippen LogP contribution in [0.25, 0.3) is 21.5 Å². The minimum atomic E-state index is 1.31. The molecule has 0 atom stereocenters. The summed E-state index contributed by atoms with van der Waals surface area (Å²) >= 11 is 0. The highest BCUT2D eigenvalue weighted by Crippen LogP contribution is 2.19. The Morgan fingerprint density at radius 3 is 1.64 bits per heavy atom. The molecular weight excluding hydrogens is 264 g/mol. The van der Waals surface area contributed by atoms with E-state index in [1.165, 1.54) is 32.7 Å². The summed E-state index contributed by atoms with van der Waals surface area (Å²) in [5, 5.41) is 5.33. The van der Waals surface area contributed by atoms with Crippen LogP contribution in [0.4, 0.5) is 0 Å². The van der Waals surface area contributed by atoms with E-state index >= 15 is 0 Å². The molecule has 0 radical (unpaired) electrons. The number of rotatable bonds is 0. The topological polar surface area (TPSA) is 0 Å². The maximum atomic E-state index is 2.24. The summed E-state index contributed by atoms with van der Waals surface area (Å²) in [7, 11) is 0. The van der Waals surface area contributed by atoms with Crippen LogP contribution in [0.5, 0.6) is 0 Å². The normalized spacial score (nSPS) is 10.3. The molecule has 0 unspecified atom stereocenters. The highest BCUT2D eigenvalue weighted by molar-refractivity contribution is 5.86. The molecule has 0 heteroatoms. The Labute approximate surface area is 132 Å². The SMILES string of the molecule is Cc1ccc2cccc(C)c2c1.c1ccc2ccccc2c1. The second-order valence-corrected chi connectivity index (χ2v) is 5.65. The van der Waals surface area contributed by atoms with Crippen molar-refractivity contribution < 1.29 is 0 Å². The summed E-state index contributed by atoms with van der Waals surface area (Å²) in [6.45, 7) is 4.29. The predicted molar refractivity (Wildman–Crippen MR) is 97.4 cm³/mol. The van der Waals surface area contributed by atoms with Gasteiger partial charge in [0.2, 0.25) is 0 Å². The van der Waals surface area contributed by atoms with Crippen molar-refractivity contribution in [3.05, 3.63) is 96.1 Å². The summed E-state index contributed by atoms with van der Waals surface area (Å²) in [5.41, 5.74) is 2.69. The maximum absolute atomic E-state index is 2.24. The molecule has 4 aromatic carbocycles. The zero-order chi connectivity index (χ0) is 15.4. The largest absolute Gasteiger partial charge is 0.0616 e. The highest BCUT2D eigenvalue weighted by Gasteiger charge is 1.95. The zero-order valence-electron chi connectivity index (χ0n) is 13.1. The van der Waals surface area contributed by atoms with E-state index in [-0.39, 0.29) is 0 Å². The van der Waals surface area contributed by atoms with E-state index in [2.05, 4.69) is 98.8 Å². The number of hydrogen-bond donors (Lipinski definition) is 0. The van der Waals surface area contributed by atoms with E-state index in [0.29, 0.717) is 0 Å². The van der Waals surface area contributed by atoms with Gasteiger partial charge in [0.05, 0.1) is 0 Å². The fraction of sp³-hybridized carbons (Fsp3) is 0.0909. The third kappa shape index (κ3) is 3.17. The second kappa shape index (κ2) is 6.44. The molecule has 4 rings (SSSR count). The molecule has 4 aromatic rings. The summed E-state index contributed by atoms with van der Waals surface area (Å²) in [5.74, 6) is 0. The van der Waals surface area contributed by atoms with E-state index in [1.54, 1.807) is 0 Å². The minimum absolute atomic E-state index is 1.31. The molecule has 0 aliphatic rings. The van der Waals surface area contributed by atoms with E-state index in [0.717, 1.165) is 0 Å². The Kier molecular flexibility index (Phi) is 4.20. The van der Waals surface area contributed by atoms with Crippen LogP contribution in [-0.2, 0) is 0 Å². The fourth-order valence-corrected chi connectivity index (χ4v) is 2.68. The lowest BCUT2D eigenvalue weighted by atomic mass is 10.0. The van der Waals surface area contributed by atoms with Crippen molar-refractivity contribution in [3.63, 3.8) is 0 Å². The van der Waals surface area contributed by atoms with Crippen LogP contribution in [0.3, 0.4) is 0 Å². The standard InChI is InChI=1S/C12H12.C10H8/c1-9-6-7-11-5-3-4-10(2)12(11)8-9;1-2-6-10-8-4-3-7-9(10)5-1/h3-8H,1-2H3;1-8H. The van der Waals surface area contributed by atoms with Crippen molar-refractivity contribution in [2.45, 2.75) is 13.8 Å². The molecule has 22 heavy (non-hydrogen) atoms. The molecule has 0 aliphatic carbocycles. The number of fused-ring (bicyclic) bond motifs is 2. The van der Waals surface area contributed by atoms with Crippen LogP contribution in [0.15, 0.2) is 84.9 Å². The minimum Gasteiger partial charge on any atom is -0.0616 e. The van der Waals surface area contributed by atoms with Gasteiger partial charge in [-0.15, -0.1) is 0 Å². The number of hydrogen-bond acceptors (Lipinski definition) is 0. The van der Waals surface area contributed by atoms with Crippen LogP contribution in [-0.4, -0.2) is 0 Å². The van der Waals surface area contributed by atoms with Gasteiger partial charge in [0.25, 0.3) is 0 Å². The molecule has 0 bridgehead atoms. The van der Waals surface area contributed by atoms with Crippen molar-refractivity contribution >= 4 is 21.5 Å². The molecule has 0 aliphatic heterocycles. The lowest BCUT2D eigenvalue weighted by molar-refractivity contribution is 1.47. The van der Waals surface area contributed by atoms with E-state index in [1.807, 2.05) is 0 Å². The van der Waals surface area contributed by atoms with Crippen molar-refractivity contribution in [3.8, 4) is 0 Å². The van der Waals surface area contributed by atoms with Crippen molar-refractivity contribution in [2.75, 3.05) is 0 Å². The quantitative estimate of drug-likeness (QED) is 0.355. The summed E-state index contributed by atoms with van der Waals surface area (Å²) in [4.78, 5) is 0. The van der Waals surface area contributed by atoms with Crippen LogP contribution in [0, 0.1) is 13.8 Å². The van der Waals surface area contributed by atoms with Gasteiger partial charge >= 0.3 is 0 Å². The first-order chi connectivity index (χ1) is 10.7. The first kappa shape index (κ1) is 14.3. The van der Waals surface area contributed by atoms with Gasteiger partial charge in [-0.25, -0.2) is 0 Å². The fourth-order valence-electron chi connectivity index (χ4n) is 2.68. The first-order valence-corrected chi connectivity index (χ1v) is 7.64. The van der Waals surface area contributed by atoms with Crippen molar-refractivity contribution in [1.29, 1.82) is 0 Å². The van der Waals surface area contributed by atoms with Gasteiger partial charge in [-0.05, 0) is 41.0 Å². The van der Waals surface area contributed by atoms with Crippen LogP contribution in [0.2, 0.25) is 0 Å². The lowest BCUT2D eigenvalue weighted by Crippen LogP contribution is -1.78. The number of benzene rings is 4. The molecule has 0 amide bonds. The summed E-state index contributed by atoms with van der Waals surface area (Å²) in [6, 6.07) is 29.7. The second-order valence-electron chi connectivity index (χ2n) is 5.65. The van der Waals surface area contributed by atoms with Gasteiger partial charge < -0.3 is 0 Å². The molecular formula is C22H20. The highest BCUT2D eigenvalue weighted by atomic mass is 14.0. The Balaban J connectivity index is 0.000000133.